The molecule has 0 aliphatic carbocycles. The minimum absolute atomic E-state index is 0.0311. The summed E-state index contributed by atoms with van der Waals surface area (Å²) < 4.78 is 16.4. The van der Waals surface area contributed by atoms with Crippen LogP contribution in [0.1, 0.15) is 24.8 Å². The van der Waals surface area contributed by atoms with E-state index in [4.69, 9.17) is 14.2 Å². The van der Waals surface area contributed by atoms with Crippen molar-refractivity contribution in [2.75, 3.05) is 48.0 Å². The molecule has 0 spiro atoms. The summed E-state index contributed by atoms with van der Waals surface area (Å²) in [6, 6.07) is 3.90. The standard InChI is InChI=1S/C20H30N2O5/c1-21-10-5-8-20(19(23)24)9-11-22(13-16(20)21)12-14-6-7-15(25-2)18(27-4)17(14)26-3/h6-7,16H,5,8-13H2,1-4H3,(H,23,24)/t16-,20+/m1/s1. The van der Waals surface area contributed by atoms with Crippen LogP contribution < -0.4 is 14.2 Å². The molecule has 1 aromatic rings. The molecule has 150 valence electrons. The van der Waals surface area contributed by atoms with Crippen LogP contribution in [0.3, 0.4) is 0 Å². The molecule has 2 fully saturated rings. The van der Waals surface area contributed by atoms with Gasteiger partial charge in [-0.3, -0.25) is 9.69 Å². The van der Waals surface area contributed by atoms with E-state index in [1.54, 1.807) is 21.3 Å². The molecule has 0 saturated carbocycles. The van der Waals surface area contributed by atoms with Crippen molar-refractivity contribution in [3.8, 4) is 17.2 Å². The number of benzene rings is 1. The summed E-state index contributed by atoms with van der Waals surface area (Å²) in [5, 5.41) is 9.93. The zero-order chi connectivity index (χ0) is 19.6. The molecule has 7 heteroatoms. The minimum atomic E-state index is -0.651. The smallest absolute Gasteiger partial charge is 0.311 e. The molecule has 7 nitrogen and oxygen atoms in total. The SMILES string of the molecule is COc1ccc(CN2CC[C@@]3(C(=O)O)CCCN(C)[C@@H]3C2)c(OC)c1OC. The summed E-state index contributed by atoms with van der Waals surface area (Å²) in [4.78, 5) is 16.6. The van der Waals surface area contributed by atoms with Crippen molar-refractivity contribution in [3.63, 3.8) is 0 Å². The average molecular weight is 378 g/mol. The van der Waals surface area contributed by atoms with Gasteiger partial charge in [-0.25, -0.2) is 0 Å². The molecule has 2 atom stereocenters. The zero-order valence-electron chi connectivity index (χ0n) is 16.7. The molecule has 2 heterocycles. The Labute approximate surface area is 160 Å². The number of hydrogen-bond donors (Lipinski definition) is 1. The van der Waals surface area contributed by atoms with Crippen molar-refractivity contribution in [2.45, 2.75) is 31.8 Å². The normalized spacial score (nSPS) is 26.3. The quantitative estimate of drug-likeness (QED) is 0.813. The Morgan fingerprint density at radius 1 is 1.15 bits per heavy atom. The Morgan fingerprint density at radius 2 is 1.89 bits per heavy atom. The maximum Gasteiger partial charge on any atom is 0.311 e. The molecule has 3 rings (SSSR count). The second-order valence-electron chi connectivity index (χ2n) is 7.54. The van der Waals surface area contributed by atoms with Gasteiger partial charge in [0.15, 0.2) is 11.5 Å². The highest BCUT2D eigenvalue weighted by Gasteiger charge is 2.52. The first-order valence-corrected chi connectivity index (χ1v) is 9.40. The lowest BCUT2D eigenvalue weighted by molar-refractivity contribution is -0.162. The predicted octanol–water partition coefficient (Wildman–Crippen LogP) is 2.08. The topological polar surface area (TPSA) is 71.5 Å². The van der Waals surface area contributed by atoms with Crippen molar-refractivity contribution in [3.05, 3.63) is 17.7 Å². The van der Waals surface area contributed by atoms with Gasteiger partial charge in [0.25, 0.3) is 0 Å². The molecule has 2 aliphatic rings. The van der Waals surface area contributed by atoms with Crippen LogP contribution in [0.15, 0.2) is 12.1 Å². The molecule has 0 bridgehead atoms. The van der Waals surface area contributed by atoms with Crippen molar-refractivity contribution in [1.82, 2.24) is 9.80 Å². The van der Waals surface area contributed by atoms with Crippen LogP contribution in [0.4, 0.5) is 0 Å². The number of likely N-dealkylation sites (tertiary alicyclic amines) is 2. The van der Waals surface area contributed by atoms with E-state index in [2.05, 4.69) is 9.80 Å². The summed E-state index contributed by atoms with van der Waals surface area (Å²) in [7, 11) is 6.87. The largest absolute Gasteiger partial charge is 0.493 e. The van der Waals surface area contributed by atoms with E-state index in [-0.39, 0.29) is 6.04 Å². The molecule has 0 amide bonds. The third-order valence-electron chi connectivity index (χ3n) is 6.21. The van der Waals surface area contributed by atoms with Gasteiger partial charge >= 0.3 is 5.97 Å². The number of aliphatic carboxylic acids is 1. The Bertz CT molecular complexity index is 695. The molecule has 2 aliphatic heterocycles. The molecule has 2 saturated heterocycles. The summed E-state index contributed by atoms with van der Waals surface area (Å²) in [6.45, 7) is 3.13. The van der Waals surface area contributed by atoms with E-state index in [1.165, 1.54) is 0 Å². The molecule has 0 unspecified atom stereocenters. The highest BCUT2D eigenvalue weighted by molar-refractivity contribution is 5.76. The first-order chi connectivity index (χ1) is 13.0. The fourth-order valence-corrected chi connectivity index (χ4v) is 4.72. The lowest BCUT2D eigenvalue weighted by Crippen LogP contribution is -2.62. The Morgan fingerprint density at radius 3 is 2.52 bits per heavy atom. The maximum absolute atomic E-state index is 12.1. The lowest BCUT2D eigenvalue weighted by atomic mass is 9.68. The van der Waals surface area contributed by atoms with E-state index in [0.29, 0.717) is 30.2 Å². The molecule has 1 aromatic carbocycles. The lowest BCUT2D eigenvalue weighted by Gasteiger charge is -2.51. The highest BCUT2D eigenvalue weighted by atomic mass is 16.5. The number of carbonyl (C=O) groups is 1. The molecular formula is C20H30N2O5. The van der Waals surface area contributed by atoms with E-state index in [1.807, 2.05) is 19.2 Å². The van der Waals surface area contributed by atoms with Gasteiger partial charge in [0.1, 0.15) is 0 Å². The first kappa shape index (κ1) is 19.8. The van der Waals surface area contributed by atoms with E-state index in [0.717, 1.165) is 38.0 Å². The second kappa shape index (κ2) is 7.94. The van der Waals surface area contributed by atoms with E-state index >= 15 is 0 Å². The van der Waals surface area contributed by atoms with Gasteiger partial charge in [0.05, 0.1) is 26.7 Å². The van der Waals surface area contributed by atoms with Crippen LogP contribution in [-0.2, 0) is 11.3 Å². The summed E-state index contributed by atoms with van der Waals surface area (Å²) in [5.41, 5.74) is 0.391. The van der Waals surface area contributed by atoms with E-state index in [9.17, 15) is 9.90 Å². The first-order valence-electron chi connectivity index (χ1n) is 9.40. The van der Waals surface area contributed by atoms with Gasteiger partial charge in [0.2, 0.25) is 5.75 Å². The van der Waals surface area contributed by atoms with Crippen LogP contribution in [0.25, 0.3) is 0 Å². The van der Waals surface area contributed by atoms with Gasteiger partial charge in [-0.05, 0) is 45.5 Å². The number of carboxylic acid groups (broad SMARTS) is 1. The highest BCUT2D eigenvalue weighted by Crippen LogP contribution is 2.44. The van der Waals surface area contributed by atoms with Gasteiger partial charge in [-0.2, -0.15) is 0 Å². The van der Waals surface area contributed by atoms with Gasteiger partial charge in [0, 0.05) is 24.7 Å². The van der Waals surface area contributed by atoms with Crippen molar-refractivity contribution < 1.29 is 24.1 Å². The van der Waals surface area contributed by atoms with Crippen LogP contribution in [0.2, 0.25) is 0 Å². The average Bonchev–Trinajstić information content (AvgIpc) is 2.67. The molecule has 27 heavy (non-hydrogen) atoms. The molecule has 0 radical (unpaired) electrons. The Kier molecular flexibility index (Phi) is 5.81. The van der Waals surface area contributed by atoms with Crippen LogP contribution in [-0.4, -0.2) is 74.9 Å². The number of likely N-dealkylation sites (N-methyl/N-ethyl adjacent to an activating group) is 1. The molecule has 1 N–H and O–H groups in total. The van der Waals surface area contributed by atoms with E-state index < -0.39 is 11.4 Å². The minimum Gasteiger partial charge on any atom is -0.493 e. The van der Waals surface area contributed by atoms with Gasteiger partial charge < -0.3 is 24.2 Å². The number of methoxy groups -OCH3 is 3. The monoisotopic (exact) mass is 378 g/mol. The van der Waals surface area contributed by atoms with Crippen molar-refractivity contribution in [2.24, 2.45) is 5.41 Å². The number of carboxylic acids is 1. The summed E-state index contributed by atoms with van der Waals surface area (Å²) in [6.07, 6.45) is 2.39. The summed E-state index contributed by atoms with van der Waals surface area (Å²) >= 11 is 0. The maximum atomic E-state index is 12.1. The van der Waals surface area contributed by atoms with Crippen molar-refractivity contribution in [1.29, 1.82) is 0 Å². The van der Waals surface area contributed by atoms with Crippen LogP contribution >= 0.6 is 0 Å². The zero-order valence-corrected chi connectivity index (χ0v) is 16.7. The summed E-state index contributed by atoms with van der Waals surface area (Å²) in [5.74, 6) is 1.24. The number of piperidine rings is 2. The van der Waals surface area contributed by atoms with Crippen molar-refractivity contribution >= 4 is 5.97 Å². The Balaban J connectivity index is 1.83. The fraction of sp³-hybridized carbons (Fsp3) is 0.650. The van der Waals surface area contributed by atoms with Crippen LogP contribution in [0.5, 0.6) is 17.2 Å². The number of nitrogens with zero attached hydrogens (tertiary/aromatic N) is 2. The van der Waals surface area contributed by atoms with Gasteiger partial charge in [-0.1, -0.05) is 6.07 Å². The third kappa shape index (κ3) is 3.46. The van der Waals surface area contributed by atoms with Gasteiger partial charge in [-0.15, -0.1) is 0 Å². The van der Waals surface area contributed by atoms with Crippen LogP contribution in [0, 0.1) is 5.41 Å². The number of fused-ring (bicyclic) bond motifs is 1. The predicted molar refractivity (Wildman–Crippen MR) is 102 cm³/mol. The molecular weight excluding hydrogens is 348 g/mol. The second-order valence-corrected chi connectivity index (χ2v) is 7.54. The number of ether oxygens (including phenoxy) is 3. The third-order valence-corrected chi connectivity index (χ3v) is 6.21. The Hall–Kier alpha value is -1.99. The number of hydrogen-bond acceptors (Lipinski definition) is 6. The number of rotatable bonds is 6. The fourth-order valence-electron chi connectivity index (χ4n) is 4.72. The molecule has 0 aromatic heterocycles.